The zero-order valence-corrected chi connectivity index (χ0v) is 13.0. The van der Waals surface area contributed by atoms with Gasteiger partial charge in [0.25, 0.3) is 5.91 Å². The van der Waals surface area contributed by atoms with E-state index in [4.69, 9.17) is 17.0 Å². The molecule has 2 saturated heterocycles. The highest BCUT2D eigenvalue weighted by molar-refractivity contribution is 8.26. The lowest BCUT2D eigenvalue weighted by Gasteiger charge is -2.18. The van der Waals surface area contributed by atoms with Crippen molar-refractivity contribution in [2.45, 2.75) is 18.9 Å². The fourth-order valence-electron chi connectivity index (χ4n) is 2.40. The Morgan fingerprint density at radius 3 is 3.00 bits per heavy atom. The van der Waals surface area contributed by atoms with Crippen LogP contribution in [0.5, 0.6) is 5.75 Å². The van der Waals surface area contributed by atoms with Gasteiger partial charge in [-0.25, -0.2) is 0 Å². The van der Waals surface area contributed by atoms with Crippen LogP contribution in [-0.2, 0) is 9.53 Å². The van der Waals surface area contributed by atoms with Gasteiger partial charge in [0.05, 0.1) is 17.6 Å². The average Bonchev–Trinajstić information content (AvgIpc) is 3.06. The summed E-state index contributed by atoms with van der Waals surface area (Å²) in [5, 5.41) is 9.79. The number of hydrogen-bond acceptors (Lipinski definition) is 5. The first-order valence-electron chi connectivity index (χ1n) is 6.80. The van der Waals surface area contributed by atoms with Crippen LogP contribution in [0.15, 0.2) is 29.2 Å². The second kappa shape index (κ2) is 6.17. The van der Waals surface area contributed by atoms with Gasteiger partial charge in [0, 0.05) is 12.2 Å². The monoisotopic (exact) mass is 321 g/mol. The number of carbonyl (C=O) groups is 1. The van der Waals surface area contributed by atoms with Gasteiger partial charge >= 0.3 is 0 Å². The maximum Gasteiger partial charge on any atom is 0.266 e. The lowest BCUT2D eigenvalue weighted by atomic mass is 10.2. The Labute approximate surface area is 132 Å². The predicted molar refractivity (Wildman–Crippen MR) is 87.0 cm³/mol. The number of benzene rings is 1. The van der Waals surface area contributed by atoms with Crippen molar-refractivity contribution >= 4 is 40.3 Å². The molecule has 1 N–H and O–H groups in total. The summed E-state index contributed by atoms with van der Waals surface area (Å²) >= 11 is 6.56. The van der Waals surface area contributed by atoms with Crippen molar-refractivity contribution in [3.63, 3.8) is 0 Å². The topological polar surface area (TPSA) is 49.8 Å². The number of phenolic OH excluding ortho intramolecular Hbond substituents is 1. The summed E-state index contributed by atoms with van der Waals surface area (Å²) in [6.07, 6.45) is 3.77. The standard InChI is InChI=1S/C15H15NO3S2/c17-12-6-2-1-4-10(12)8-13-14(18)16(15(20)21-13)9-11-5-3-7-19-11/h1-2,4,6,8,11,17H,3,5,7,9H2/b13-8-. The van der Waals surface area contributed by atoms with E-state index in [1.165, 1.54) is 11.8 Å². The first-order valence-corrected chi connectivity index (χ1v) is 8.02. The third kappa shape index (κ3) is 3.12. The molecule has 0 aliphatic carbocycles. The van der Waals surface area contributed by atoms with Crippen LogP contribution >= 0.6 is 24.0 Å². The van der Waals surface area contributed by atoms with E-state index in [1.807, 2.05) is 6.07 Å². The van der Waals surface area contributed by atoms with Crippen molar-refractivity contribution in [1.29, 1.82) is 0 Å². The fourth-order valence-corrected chi connectivity index (χ4v) is 3.67. The number of nitrogens with zero attached hydrogens (tertiary/aromatic N) is 1. The summed E-state index contributed by atoms with van der Waals surface area (Å²) in [5.41, 5.74) is 0.620. The van der Waals surface area contributed by atoms with Crippen LogP contribution in [0, 0.1) is 0 Å². The Hall–Kier alpha value is -1.37. The third-order valence-corrected chi connectivity index (χ3v) is 4.88. The molecule has 0 radical (unpaired) electrons. The minimum absolute atomic E-state index is 0.0805. The van der Waals surface area contributed by atoms with E-state index in [9.17, 15) is 9.90 Å². The van der Waals surface area contributed by atoms with Gasteiger partial charge in [-0.3, -0.25) is 9.69 Å². The number of amides is 1. The second-order valence-corrected chi connectivity index (χ2v) is 6.66. The molecule has 2 aliphatic rings. The molecule has 3 rings (SSSR count). The molecule has 2 aliphatic heterocycles. The molecule has 2 fully saturated rings. The van der Waals surface area contributed by atoms with Gasteiger partial charge < -0.3 is 9.84 Å². The third-order valence-electron chi connectivity index (χ3n) is 3.51. The van der Waals surface area contributed by atoms with E-state index in [1.54, 1.807) is 29.2 Å². The molecule has 1 unspecified atom stereocenters. The van der Waals surface area contributed by atoms with Gasteiger partial charge in [-0.15, -0.1) is 0 Å². The SMILES string of the molecule is O=C1/C(=C/c2ccccc2O)SC(=S)N1CC1CCCO1. The first kappa shape index (κ1) is 14.6. The van der Waals surface area contributed by atoms with Gasteiger partial charge in [0.15, 0.2) is 0 Å². The Balaban J connectivity index is 1.78. The molecule has 0 spiro atoms. The molecule has 0 aromatic heterocycles. The number of rotatable bonds is 3. The van der Waals surface area contributed by atoms with E-state index in [0.29, 0.717) is 21.3 Å². The van der Waals surface area contributed by atoms with Crippen LogP contribution in [-0.4, -0.2) is 39.5 Å². The molecular weight excluding hydrogens is 306 g/mol. The van der Waals surface area contributed by atoms with Crippen LogP contribution in [0.25, 0.3) is 6.08 Å². The normalized spacial score (nSPS) is 24.3. The first-order chi connectivity index (χ1) is 10.1. The van der Waals surface area contributed by atoms with E-state index >= 15 is 0 Å². The van der Waals surface area contributed by atoms with Crippen LogP contribution in [0.4, 0.5) is 0 Å². The number of thiocarbonyl (C=S) groups is 1. The molecule has 110 valence electrons. The molecule has 1 amide bonds. The molecule has 2 heterocycles. The number of aromatic hydroxyl groups is 1. The molecule has 4 nitrogen and oxygen atoms in total. The Morgan fingerprint density at radius 2 is 2.29 bits per heavy atom. The zero-order chi connectivity index (χ0) is 14.8. The Kier molecular flexibility index (Phi) is 4.28. The maximum absolute atomic E-state index is 12.4. The Bertz CT molecular complexity index is 609. The molecule has 0 bridgehead atoms. The largest absolute Gasteiger partial charge is 0.507 e. The molecular formula is C15H15NO3S2. The minimum Gasteiger partial charge on any atom is -0.507 e. The van der Waals surface area contributed by atoms with E-state index in [-0.39, 0.29) is 17.8 Å². The smallest absolute Gasteiger partial charge is 0.266 e. The number of para-hydroxylation sites is 1. The number of hydrogen-bond donors (Lipinski definition) is 1. The molecule has 6 heteroatoms. The van der Waals surface area contributed by atoms with E-state index < -0.39 is 0 Å². The van der Waals surface area contributed by atoms with Gasteiger partial charge in [0.2, 0.25) is 0 Å². The number of phenols is 1. The van der Waals surface area contributed by atoms with Gasteiger partial charge in [0.1, 0.15) is 10.1 Å². The minimum atomic E-state index is -0.108. The highest BCUT2D eigenvalue weighted by Gasteiger charge is 2.34. The van der Waals surface area contributed by atoms with Crippen LogP contribution in [0.2, 0.25) is 0 Å². The number of carbonyl (C=O) groups excluding carboxylic acids is 1. The van der Waals surface area contributed by atoms with Gasteiger partial charge in [-0.1, -0.05) is 42.2 Å². The van der Waals surface area contributed by atoms with E-state index in [0.717, 1.165) is 19.4 Å². The summed E-state index contributed by atoms with van der Waals surface area (Å²) in [4.78, 5) is 14.6. The van der Waals surface area contributed by atoms with Gasteiger partial charge in [-0.05, 0) is 25.0 Å². The summed E-state index contributed by atoms with van der Waals surface area (Å²) in [6.45, 7) is 1.27. The van der Waals surface area contributed by atoms with Crippen molar-refractivity contribution < 1.29 is 14.6 Å². The Morgan fingerprint density at radius 1 is 1.48 bits per heavy atom. The maximum atomic E-state index is 12.4. The molecule has 1 atom stereocenters. The number of thioether (sulfide) groups is 1. The van der Waals surface area contributed by atoms with Crippen molar-refractivity contribution in [3.05, 3.63) is 34.7 Å². The molecule has 0 saturated carbocycles. The lowest BCUT2D eigenvalue weighted by Crippen LogP contribution is -2.35. The van der Waals surface area contributed by atoms with E-state index in [2.05, 4.69) is 0 Å². The molecule has 1 aromatic rings. The highest BCUT2D eigenvalue weighted by Crippen LogP contribution is 2.34. The van der Waals surface area contributed by atoms with Crippen molar-refractivity contribution in [2.24, 2.45) is 0 Å². The summed E-state index contributed by atoms with van der Waals surface area (Å²) in [6, 6.07) is 6.93. The fraction of sp³-hybridized carbons (Fsp3) is 0.333. The quantitative estimate of drug-likeness (QED) is 0.685. The van der Waals surface area contributed by atoms with Crippen LogP contribution in [0.3, 0.4) is 0 Å². The summed E-state index contributed by atoms with van der Waals surface area (Å²) in [7, 11) is 0. The van der Waals surface area contributed by atoms with Crippen LogP contribution in [0.1, 0.15) is 18.4 Å². The lowest BCUT2D eigenvalue weighted by molar-refractivity contribution is -0.123. The van der Waals surface area contributed by atoms with Gasteiger partial charge in [-0.2, -0.15) is 0 Å². The number of ether oxygens (including phenoxy) is 1. The zero-order valence-electron chi connectivity index (χ0n) is 11.3. The van der Waals surface area contributed by atoms with Crippen LogP contribution < -0.4 is 0 Å². The molecule has 1 aromatic carbocycles. The molecule has 21 heavy (non-hydrogen) atoms. The summed E-state index contributed by atoms with van der Waals surface area (Å²) in [5.74, 6) is 0.0469. The predicted octanol–water partition coefficient (Wildman–Crippen LogP) is 2.77. The highest BCUT2D eigenvalue weighted by atomic mass is 32.2. The average molecular weight is 321 g/mol. The van der Waals surface area contributed by atoms with Crippen molar-refractivity contribution in [3.8, 4) is 5.75 Å². The summed E-state index contributed by atoms with van der Waals surface area (Å²) < 4.78 is 6.11. The second-order valence-electron chi connectivity index (χ2n) is 4.99. The van der Waals surface area contributed by atoms with Crippen molar-refractivity contribution in [1.82, 2.24) is 4.90 Å². The van der Waals surface area contributed by atoms with Crippen molar-refractivity contribution in [2.75, 3.05) is 13.2 Å².